The topological polar surface area (TPSA) is 34.2 Å². The highest BCUT2D eigenvalue weighted by Crippen LogP contribution is 2.41. The molecule has 0 aliphatic carbocycles. The fraction of sp³-hybridized carbons (Fsp3) is 0. The molecular weight excluding hydrogens is 671 g/mol. The highest BCUT2D eigenvalue weighted by atomic mass is 16.3. The highest BCUT2D eigenvalue weighted by Gasteiger charge is 2.17. The van der Waals surface area contributed by atoms with Crippen LogP contribution < -0.4 is 4.90 Å². The van der Waals surface area contributed by atoms with Crippen molar-refractivity contribution in [1.29, 1.82) is 0 Å². The molecule has 8 aromatic carbocycles. The fourth-order valence-electron chi connectivity index (χ4n) is 8.28. The lowest BCUT2D eigenvalue weighted by Crippen LogP contribution is -2.10. The van der Waals surface area contributed by atoms with E-state index in [0.29, 0.717) is 0 Å². The summed E-state index contributed by atoms with van der Waals surface area (Å²) in [5.74, 6) is 0. The fourth-order valence-corrected chi connectivity index (χ4v) is 8.28. The van der Waals surface area contributed by atoms with Crippen molar-refractivity contribution >= 4 is 71.6 Å². The van der Waals surface area contributed by atoms with Crippen LogP contribution in [0.25, 0.3) is 82.5 Å². The van der Waals surface area contributed by atoms with Crippen molar-refractivity contribution in [2.75, 3.05) is 4.90 Å². The number of aromatic nitrogens is 2. The molecule has 11 aromatic rings. The number of para-hydroxylation sites is 3. The monoisotopic (exact) mass is 703 g/mol. The van der Waals surface area contributed by atoms with E-state index in [4.69, 9.17) is 4.42 Å². The van der Waals surface area contributed by atoms with Gasteiger partial charge in [0, 0.05) is 56.1 Å². The van der Waals surface area contributed by atoms with Crippen LogP contribution in [0.1, 0.15) is 0 Å². The number of hydrogen-bond donors (Lipinski definition) is 0. The van der Waals surface area contributed by atoms with Crippen molar-refractivity contribution < 1.29 is 4.42 Å². The minimum Gasteiger partial charge on any atom is -0.454 e. The van der Waals surface area contributed by atoms with E-state index in [9.17, 15) is 0 Å². The van der Waals surface area contributed by atoms with E-state index in [-0.39, 0.29) is 0 Å². The van der Waals surface area contributed by atoms with Gasteiger partial charge in [0.2, 0.25) is 0 Å². The molecule has 0 unspecified atom stereocenters. The van der Waals surface area contributed by atoms with Gasteiger partial charge in [-0.3, -0.25) is 4.98 Å². The van der Waals surface area contributed by atoms with Gasteiger partial charge >= 0.3 is 0 Å². The SMILES string of the molecule is c1cc(-c2cccc(-n3c4ccccc4c4ccccc43)c2)cc(N(c2ccc(-c3cccc4c3oc3cnccc34)cc2)c2ccc3ccccc3c2)c1. The first-order valence-corrected chi connectivity index (χ1v) is 18.6. The molecule has 0 N–H and O–H groups in total. The summed E-state index contributed by atoms with van der Waals surface area (Å²) < 4.78 is 8.73. The van der Waals surface area contributed by atoms with Gasteiger partial charge in [-0.05, 0) is 94.2 Å². The summed E-state index contributed by atoms with van der Waals surface area (Å²) in [6.45, 7) is 0. The summed E-state index contributed by atoms with van der Waals surface area (Å²) in [6.07, 6.45) is 3.61. The van der Waals surface area contributed by atoms with Crippen LogP contribution >= 0.6 is 0 Å². The van der Waals surface area contributed by atoms with Gasteiger partial charge in [-0.25, -0.2) is 0 Å². The van der Waals surface area contributed by atoms with E-state index in [1.54, 1.807) is 6.20 Å². The van der Waals surface area contributed by atoms with Crippen molar-refractivity contribution in [3.63, 3.8) is 0 Å². The minimum atomic E-state index is 0.796. The van der Waals surface area contributed by atoms with Gasteiger partial charge in [0.1, 0.15) is 5.58 Å². The molecule has 0 fully saturated rings. The Bertz CT molecular complexity index is 3170. The van der Waals surface area contributed by atoms with E-state index in [2.05, 4.69) is 196 Å². The molecule has 4 nitrogen and oxygen atoms in total. The van der Waals surface area contributed by atoms with Crippen molar-refractivity contribution in [1.82, 2.24) is 9.55 Å². The lowest BCUT2D eigenvalue weighted by molar-refractivity contribution is 0.668. The molecule has 258 valence electrons. The molecule has 0 atom stereocenters. The molecule has 0 amide bonds. The Balaban J connectivity index is 1.03. The molecule has 0 saturated carbocycles. The van der Waals surface area contributed by atoms with Crippen LogP contribution in [0, 0.1) is 0 Å². The van der Waals surface area contributed by atoms with Gasteiger partial charge < -0.3 is 13.9 Å². The Kier molecular flexibility index (Phi) is 7.14. The van der Waals surface area contributed by atoms with Gasteiger partial charge in [-0.1, -0.05) is 121 Å². The highest BCUT2D eigenvalue weighted by molar-refractivity contribution is 6.10. The molecule has 0 aliphatic rings. The van der Waals surface area contributed by atoms with Crippen molar-refractivity contribution in [2.45, 2.75) is 0 Å². The summed E-state index contributed by atoms with van der Waals surface area (Å²) in [5, 5.41) is 7.10. The van der Waals surface area contributed by atoms with Crippen LogP contribution in [-0.2, 0) is 0 Å². The Morgan fingerprint density at radius 3 is 1.91 bits per heavy atom. The van der Waals surface area contributed by atoms with Gasteiger partial charge in [0.25, 0.3) is 0 Å². The molecule has 11 rings (SSSR count). The second-order valence-electron chi connectivity index (χ2n) is 14.0. The molecular formula is C51H33N3O. The van der Waals surface area contributed by atoms with Crippen LogP contribution in [0.3, 0.4) is 0 Å². The summed E-state index contributed by atoms with van der Waals surface area (Å²) >= 11 is 0. The van der Waals surface area contributed by atoms with E-state index < -0.39 is 0 Å². The number of rotatable bonds is 6. The Hall–Kier alpha value is -7.43. The quantitative estimate of drug-likeness (QED) is 0.173. The Morgan fingerprint density at radius 1 is 0.436 bits per heavy atom. The molecule has 0 spiro atoms. The number of pyridine rings is 1. The second-order valence-corrected chi connectivity index (χ2v) is 14.0. The van der Waals surface area contributed by atoms with E-state index in [1.807, 2.05) is 12.3 Å². The van der Waals surface area contributed by atoms with Crippen LogP contribution in [0.5, 0.6) is 0 Å². The first-order valence-electron chi connectivity index (χ1n) is 18.6. The first-order chi connectivity index (χ1) is 27.3. The average Bonchev–Trinajstić information content (AvgIpc) is 3.80. The molecule has 0 radical (unpaired) electrons. The number of nitrogens with zero attached hydrogens (tertiary/aromatic N) is 3. The minimum absolute atomic E-state index is 0.796. The van der Waals surface area contributed by atoms with Crippen LogP contribution in [0.15, 0.2) is 205 Å². The molecule has 0 saturated heterocycles. The standard InChI is InChI=1S/C51H33N3O/c1-2-11-36-30-42(27-22-34(36)10-1)53(39-25-23-35(24-26-39)43-18-9-19-47-46-28-29-52-33-50(46)55-51(43)47)40-14-7-12-37(31-40)38-13-8-15-41(32-38)54-48-20-5-3-16-44(48)45-17-4-6-21-49(45)54/h1-33H. The number of benzene rings is 8. The third-order valence-electron chi connectivity index (χ3n) is 10.9. The van der Waals surface area contributed by atoms with Gasteiger partial charge in [0.15, 0.2) is 5.58 Å². The zero-order chi connectivity index (χ0) is 36.3. The first kappa shape index (κ1) is 31.1. The van der Waals surface area contributed by atoms with Gasteiger partial charge in [-0.2, -0.15) is 0 Å². The lowest BCUT2D eigenvalue weighted by Gasteiger charge is -2.26. The number of fused-ring (bicyclic) bond motifs is 7. The Labute approximate surface area is 317 Å². The average molecular weight is 704 g/mol. The number of hydrogen-bond acceptors (Lipinski definition) is 3. The van der Waals surface area contributed by atoms with Crippen molar-refractivity contribution in [2.24, 2.45) is 0 Å². The smallest absolute Gasteiger partial charge is 0.153 e. The van der Waals surface area contributed by atoms with Crippen LogP contribution in [-0.4, -0.2) is 9.55 Å². The maximum absolute atomic E-state index is 6.35. The third-order valence-corrected chi connectivity index (χ3v) is 10.9. The van der Waals surface area contributed by atoms with Crippen LogP contribution in [0.2, 0.25) is 0 Å². The maximum atomic E-state index is 6.35. The van der Waals surface area contributed by atoms with E-state index in [0.717, 1.165) is 66.9 Å². The predicted molar refractivity (Wildman–Crippen MR) is 229 cm³/mol. The zero-order valence-corrected chi connectivity index (χ0v) is 29.8. The molecule has 3 heterocycles. The summed E-state index contributed by atoms with van der Waals surface area (Å²) in [7, 11) is 0. The maximum Gasteiger partial charge on any atom is 0.153 e. The molecule has 4 heteroatoms. The molecule has 0 aliphatic heterocycles. The Morgan fingerprint density at radius 2 is 1.09 bits per heavy atom. The normalized spacial score (nSPS) is 11.6. The lowest BCUT2D eigenvalue weighted by atomic mass is 10.0. The van der Waals surface area contributed by atoms with Crippen molar-refractivity contribution in [3.8, 4) is 27.9 Å². The summed E-state index contributed by atoms with van der Waals surface area (Å²) in [6, 6.07) is 67.5. The van der Waals surface area contributed by atoms with Gasteiger partial charge in [0.05, 0.1) is 17.2 Å². The van der Waals surface area contributed by atoms with Gasteiger partial charge in [-0.15, -0.1) is 0 Å². The van der Waals surface area contributed by atoms with Crippen LogP contribution in [0.4, 0.5) is 17.1 Å². The largest absolute Gasteiger partial charge is 0.454 e. The second kappa shape index (κ2) is 12.6. The predicted octanol–water partition coefficient (Wildman–Crippen LogP) is 14.0. The number of anilines is 3. The van der Waals surface area contributed by atoms with Crippen molar-refractivity contribution in [3.05, 3.63) is 200 Å². The summed E-state index contributed by atoms with van der Waals surface area (Å²) in [4.78, 5) is 6.63. The summed E-state index contributed by atoms with van der Waals surface area (Å²) in [5.41, 5.74) is 12.9. The third kappa shape index (κ3) is 5.19. The molecule has 55 heavy (non-hydrogen) atoms. The van der Waals surface area contributed by atoms with E-state index in [1.165, 1.54) is 32.6 Å². The zero-order valence-electron chi connectivity index (χ0n) is 29.8. The number of furan rings is 1. The van der Waals surface area contributed by atoms with E-state index >= 15 is 0 Å². The molecule has 0 bridgehead atoms. The molecule has 3 aromatic heterocycles.